The first kappa shape index (κ1) is 17.9. The first-order valence-corrected chi connectivity index (χ1v) is 9.63. The number of piperazine rings is 1. The first-order chi connectivity index (χ1) is 13.1. The molecule has 3 amide bonds. The second-order valence-electron chi connectivity index (χ2n) is 7.63. The minimum atomic E-state index is -0.511. The van der Waals surface area contributed by atoms with Crippen LogP contribution in [0.3, 0.4) is 0 Å². The number of amides is 3. The maximum Gasteiger partial charge on any atom is 0.255 e. The Morgan fingerprint density at radius 2 is 1.93 bits per heavy atom. The molecule has 1 aromatic rings. The van der Waals surface area contributed by atoms with E-state index in [1.54, 1.807) is 6.20 Å². The molecule has 8 heteroatoms. The number of nitrogens with zero attached hydrogens (tertiary/aromatic N) is 3. The van der Waals surface area contributed by atoms with Gasteiger partial charge in [0.15, 0.2) is 0 Å². The molecule has 8 nitrogen and oxygen atoms in total. The van der Waals surface area contributed by atoms with Crippen LogP contribution < -0.4 is 15.5 Å². The van der Waals surface area contributed by atoms with E-state index >= 15 is 0 Å². The van der Waals surface area contributed by atoms with Gasteiger partial charge in [-0.25, -0.2) is 4.98 Å². The number of nitrogens with one attached hydrogen (secondary N) is 2. The number of rotatable bonds is 2. The Morgan fingerprint density at radius 1 is 1.11 bits per heavy atom. The smallest absolute Gasteiger partial charge is 0.255 e. The average molecular weight is 371 g/mol. The fraction of sp³-hybridized carbons (Fsp3) is 0.579. The summed E-state index contributed by atoms with van der Waals surface area (Å²) in [6, 6.07) is 3.67. The second-order valence-corrected chi connectivity index (χ2v) is 7.63. The summed E-state index contributed by atoms with van der Waals surface area (Å²) in [5.74, 6) is 0.449. The molecule has 3 aliphatic heterocycles. The minimum Gasteiger partial charge on any atom is -0.356 e. The lowest BCUT2D eigenvalue weighted by Crippen LogP contribution is -2.46. The van der Waals surface area contributed by atoms with Crippen molar-refractivity contribution in [2.75, 3.05) is 44.2 Å². The predicted octanol–water partition coefficient (Wildman–Crippen LogP) is 0.150. The summed E-state index contributed by atoms with van der Waals surface area (Å²) in [6.45, 7) is 4.34. The van der Waals surface area contributed by atoms with Crippen LogP contribution in [0.15, 0.2) is 18.3 Å². The van der Waals surface area contributed by atoms with Crippen molar-refractivity contribution in [1.82, 2.24) is 20.5 Å². The Kier molecular flexibility index (Phi) is 4.82. The highest BCUT2D eigenvalue weighted by Crippen LogP contribution is 2.38. The van der Waals surface area contributed by atoms with E-state index < -0.39 is 5.41 Å². The van der Waals surface area contributed by atoms with Gasteiger partial charge in [-0.15, -0.1) is 0 Å². The molecular weight excluding hydrogens is 346 g/mol. The standard InChI is InChI=1S/C19H25N5O3/c25-16-2-1-5-19(18(27)22-16)6-9-24(13-19)15-4-3-14(12-21-15)17(26)23-10-7-20-8-11-23/h3-4,12,20H,1-2,5-11,13H2,(H,22,25,27). The van der Waals surface area contributed by atoms with Gasteiger partial charge in [0.25, 0.3) is 5.91 Å². The fourth-order valence-electron chi connectivity index (χ4n) is 4.23. The van der Waals surface area contributed by atoms with Gasteiger partial charge in [-0.2, -0.15) is 0 Å². The minimum absolute atomic E-state index is 0.00935. The van der Waals surface area contributed by atoms with Crippen LogP contribution in [0.5, 0.6) is 0 Å². The molecule has 0 aromatic carbocycles. The van der Waals surface area contributed by atoms with Crippen LogP contribution in [-0.2, 0) is 9.59 Å². The molecule has 1 aromatic heterocycles. The van der Waals surface area contributed by atoms with Crippen LogP contribution >= 0.6 is 0 Å². The third-order valence-electron chi connectivity index (χ3n) is 5.87. The van der Waals surface area contributed by atoms with Crippen LogP contribution in [0.25, 0.3) is 0 Å². The van der Waals surface area contributed by atoms with Crippen molar-refractivity contribution in [2.45, 2.75) is 25.7 Å². The van der Waals surface area contributed by atoms with E-state index in [-0.39, 0.29) is 17.7 Å². The third kappa shape index (κ3) is 3.53. The van der Waals surface area contributed by atoms with E-state index in [0.29, 0.717) is 31.6 Å². The second kappa shape index (κ2) is 7.26. The SMILES string of the molecule is O=C1CCCC2(CCN(c3ccc(C(=O)N4CCNCC4)cn3)C2)C(=O)N1. The van der Waals surface area contributed by atoms with Gasteiger partial charge in [0.1, 0.15) is 5.82 Å². The normalized spacial score (nSPS) is 26.2. The summed E-state index contributed by atoms with van der Waals surface area (Å²) in [5, 5.41) is 5.76. The summed E-state index contributed by atoms with van der Waals surface area (Å²) < 4.78 is 0. The lowest BCUT2D eigenvalue weighted by molar-refractivity contribution is -0.134. The van der Waals surface area contributed by atoms with Gasteiger partial charge in [-0.05, 0) is 31.4 Å². The quantitative estimate of drug-likeness (QED) is 0.719. The molecule has 0 saturated carbocycles. The van der Waals surface area contributed by atoms with Crippen molar-refractivity contribution < 1.29 is 14.4 Å². The first-order valence-electron chi connectivity index (χ1n) is 9.63. The number of aromatic nitrogens is 1. The van der Waals surface area contributed by atoms with Gasteiger partial charge < -0.3 is 15.1 Å². The Morgan fingerprint density at radius 3 is 2.67 bits per heavy atom. The van der Waals surface area contributed by atoms with Crippen molar-refractivity contribution in [1.29, 1.82) is 0 Å². The van der Waals surface area contributed by atoms with Crippen molar-refractivity contribution >= 4 is 23.5 Å². The van der Waals surface area contributed by atoms with Gasteiger partial charge in [0, 0.05) is 51.9 Å². The van der Waals surface area contributed by atoms with Crippen LogP contribution in [0.2, 0.25) is 0 Å². The lowest BCUT2D eigenvalue weighted by Gasteiger charge is -2.28. The number of imide groups is 1. The molecule has 3 fully saturated rings. The molecule has 3 aliphatic rings. The number of carbonyl (C=O) groups excluding carboxylic acids is 3. The van der Waals surface area contributed by atoms with Crippen molar-refractivity contribution in [3.63, 3.8) is 0 Å². The Labute approximate surface area is 158 Å². The van der Waals surface area contributed by atoms with E-state index in [1.165, 1.54) is 0 Å². The monoisotopic (exact) mass is 371 g/mol. The third-order valence-corrected chi connectivity index (χ3v) is 5.87. The van der Waals surface area contributed by atoms with E-state index in [2.05, 4.69) is 20.5 Å². The van der Waals surface area contributed by atoms with Crippen molar-refractivity contribution in [3.8, 4) is 0 Å². The zero-order valence-corrected chi connectivity index (χ0v) is 15.4. The lowest BCUT2D eigenvalue weighted by atomic mass is 9.82. The van der Waals surface area contributed by atoms with Crippen molar-refractivity contribution in [2.24, 2.45) is 5.41 Å². The Bertz CT molecular complexity index is 744. The number of pyridine rings is 1. The highest BCUT2D eigenvalue weighted by molar-refractivity contribution is 5.99. The van der Waals surface area contributed by atoms with Crippen LogP contribution in [0, 0.1) is 5.41 Å². The number of hydrogen-bond acceptors (Lipinski definition) is 6. The highest BCUT2D eigenvalue weighted by atomic mass is 16.2. The molecule has 1 unspecified atom stereocenters. The van der Waals surface area contributed by atoms with Crippen LogP contribution in [0.4, 0.5) is 5.82 Å². The fourth-order valence-corrected chi connectivity index (χ4v) is 4.23. The van der Waals surface area contributed by atoms with Gasteiger partial charge in [-0.1, -0.05) is 0 Å². The van der Waals surface area contributed by atoms with Crippen LogP contribution in [-0.4, -0.2) is 66.9 Å². The molecule has 0 radical (unpaired) electrons. The summed E-state index contributed by atoms with van der Waals surface area (Å²) in [4.78, 5) is 45.1. The van der Waals surface area contributed by atoms with Crippen molar-refractivity contribution in [3.05, 3.63) is 23.9 Å². The number of hydrogen-bond donors (Lipinski definition) is 2. The van der Waals surface area contributed by atoms with Gasteiger partial charge in [0.2, 0.25) is 11.8 Å². The summed E-state index contributed by atoms with van der Waals surface area (Å²) in [6.07, 6.45) is 4.21. The maximum absolute atomic E-state index is 12.5. The summed E-state index contributed by atoms with van der Waals surface area (Å²) in [7, 11) is 0. The predicted molar refractivity (Wildman–Crippen MR) is 99.3 cm³/mol. The Balaban J connectivity index is 1.44. The maximum atomic E-state index is 12.5. The number of anilines is 1. The summed E-state index contributed by atoms with van der Waals surface area (Å²) in [5.41, 5.74) is 0.0794. The zero-order valence-electron chi connectivity index (χ0n) is 15.4. The molecule has 4 heterocycles. The van der Waals surface area contributed by atoms with Gasteiger partial charge >= 0.3 is 0 Å². The molecule has 0 aliphatic carbocycles. The van der Waals surface area contributed by atoms with Crippen LogP contribution in [0.1, 0.15) is 36.0 Å². The molecule has 144 valence electrons. The Hall–Kier alpha value is -2.48. The molecule has 27 heavy (non-hydrogen) atoms. The van der Waals surface area contributed by atoms with Gasteiger partial charge in [0.05, 0.1) is 11.0 Å². The van der Waals surface area contributed by atoms with E-state index in [4.69, 9.17) is 0 Å². The summed E-state index contributed by atoms with van der Waals surface area (Å²) >= 11 is 0. The highest BCUT2D eigenvalue weighted by Gasteiger charge is 2.46. The zero-order chi connectivity index (χ0) is 18.9. The largest absolute Gasteiger partial charge is 0.356 e. The van der Waals surface area contributed by atoms with Gasteiger partial charge in [-0.3, -0.25) is 19.7 Å². The average Bonchev–Trinajstić information content (AvgIpc) is 3.08. The molecule has 2 N–H and O–H groups in total. The number of carbonyl (C=O) groups is 3. The van der Waals surface area contributed by atoms with E-state index in [9.17, 15) is 14.4 Å². The molecule has 3 saturated heterocycles. The topological polar surface area (TPSA) is 94.6 Å². The molecule has 4 rings (SSSR count). The molecule has 0 bridgehead atoms. The van der Waals surface area contributed by atoms with E-state index in [0.717, 1.165) is 44.7 Å². The molecular formula is C19H25N5O3. The molecule has 1 atom stereocenters. The van der Waals surface area contributed by atoms with E-state index in [1.807, 2.05) is 17.0 Å². The molecule has 1 spiro atoms.